The van der Waals surface area contributed by atoms with Crippen molar-refractivity contribution in [2.24, 2.45) is 5.41 Å². The number of likely N-dealkylation sites (tertiary alicyclic amines) is 1. The van der Waals surface area contributed by atoms with Crippen LogP contribution in [0.2, 0.25) is 0 Å². The highest BCUT2D eigenvalue weighted by Crippen LogP contribution is 2.31. The molecule has 2 N–H and O–H groups in total. The third-order valence-corrected chi connectivity index (χ3v) is 6.51. The van der Waals surface area contributed by atoms with E-state index < -0.39 is 41.8 Å². The lowest BCUT2D eigenvalue weighted by Gasteiger charge is -2.31. The van der Waals surface area contributed by atoms with E-state index in [9.17, 15) is 19.5 Å². The summed E-state index contributed by atoms with van der Waals surface area (Å²) >= 11 is 0. The topological polar surface area (TPSA) is 131 Å². The predicted octanol–water partition coefficient (Wildman–Crippen LogP) is 5.06. The number of hydrogen-bond donors (Lipinski definition) is 2. The summed E-state index contributed by atoms with van der Waals surface area (Å²) in [7, 11) is 0. The highest BCUT2D eigenvalue weighted by molar-refractivity contribution is 5.90. The molecule has 0 spiro atoms. The van der Waals surface area contributed by atoms with Crippen molar-refractivity contribution >= 4 is 28.9 Å². The Bertz CT molecular complexity index is 1410. The molecule has 3 aromatic rings. The van der Waals surface area contributed by atoms with Crippen LogP contribution in [-0.2, 0) is 14.3 Å². The summed E-state index contributed by atoms with van der Waals surface area (Å²) in [5, 5.41) is 13.4. The van der Waals surface area contributed by atoms with Gasteiger partial charge in [-0.15, -0.1) is 0 Å². The lowest BCUT2D eigenvalue weighted by Crippen LogP contribution is -2.53. The van der Waals surface area contributed by atoms with Gasteiger partial charge in [0.15, 0.2) is 5.82 Å². The summed E-state index contributed by atoms with van der Waals surface area (Å²) in [5.41, 5.74) is 0.406. The third-order valence-electron chi connectivity index (χ3n) is 6.51. The minimum Gasteiger partial charge on any atom is -0.480 e. The number of hydrogen-bond acceptors (Lipinski definition) is 7. The smallest absolute Gasteiger partial charge is 0.408 e. The van der Waals surface area contributed by atoms with Crippen molar-refractivity contribution in [1.82, 2.24) is 20.2 Å². The third kappa shape index (κ3) is 7.71. The number of amides is 2. The predicted molar refractivity (Wildman–Crippen MR) is 154 cm³/mol. The van der Waals surface area contributed by atoms with Gasteiger partial charge in [-0.25, -0.2) is 14.6 Å². The van der Waals surface area contributed by atoms with E-state index in [0.717, 1.165) is 5.56 Å². The lowest BCUT2D eigenvalue weighted by molar-refractivity contribution is -0.149. The molecule has 1 fully saturated rings. The van der Waals surface area contributed by atoms with E-state index in [-0.39, 0.29) is 24.8 Å². The number of aliphatic carboxylic acids is 1. The monoisotopic (exact) mass is 562 g/mol. The molecule has 1 saturated heterocycles. The highest BCUT2D eigenvalue weighted by Gasteiger charge is 2.44. The molecule has 1 aromatic heterocycles. The molecule has 3 atom stereocenters. The fourth-order valence-corrected chi connectivity index (χ4v) is 4.83. The molecule has 10 heteroatoms. The molecule has 1 aliphatic rings. The fraction of sp³-hybridized carbons (Fsp3) is 0.452. The van der Waals surface area contributed by atoms with Crippen LogP contribution in [0.3, 0.4) is 0 Å². The maximum absolute atomic E-state index is 13.8. The Hall–Kier alpha value is -4.21. The maximum atomic E-state index is 13.8. The van der Waals surface area contributed by atoms with Crippen LogP contribution in [-0.4, -0.2) is 68.3 Å². The molecule has 0 unspecified atom stereocenters. The van der Waals surface area contributed by atoms with E-state index in [1.165, 1.54) is 4.90 Å². The van der Waals surface area contributed by atoms with Gasteiger partial charge in [0.25, 0.3) is 0 Å². The van der Waals surface area contributed by atoms with Crippen LogP contribution in [0.25, 0.3) is 22.3 Å². The Morgan fingerprint density at radius 2 is 1.66 bits per heavy atom. The fourth-order valence-electron chi connectivity index (χ4n) is 4.83. The molecule has 0 bridgehead atoms. The van der Waals surface area contributed by atoms with E-state index in [0.29, 0.717) is 22.6 Å². The van der Waals surface area contributed by atoms with Gasteiger partial charge in [0.2, 0.25) is 11.8 Å². The van der Waals surface area contributed by atoms with Crippen LogP contribution in [0, 0.1) is 5.41 Å². The average molecular weight is 563 g/mol. The first-order valence-electron chi connectivity index (χ1n) is 13.7. The molecule has 2 amide bonds. The first-order chi connectivity index (χ1) is 19.2. The number of carboxylic acids is 1. The molecule has 10 nitrogen and oxygen atoms in total. The summed E-state index contributed by atoms with van der Waals surface area (Å²) in [5.74, 6) is -0.849. The quantitative estimate of drug-likeness (QED) is 0.409. The zero-order chi connectivity index (χ0) is 29.9. The number of carbonyl (C=O) groups is 3. The van der Waals surface area contributed by atoms with Gasteiger partial charge < -0.3 is 24.8 Å². The van der Waals surface area contributed by atoms with Gasteiger partial charge in [0, 0.05) is 12.0 Å². The van der Waals surface area contributed by atoms with Crippen LogP contribution in [0.4, 0.5) is 4.79 Å². The van der Waals surface area contributed by atoms with E-state index in [2.05, 4.69) is 15.3 Å². The van der Waals surface area contributed by atoms with Crippen molar-refractivity contribution in [3.05, 3.63) is 54.6 Å². The van der Waals surface area contributed by atoms with Crippen molar-refractivity contribution in [2.75, 3.05) is 6.54 Å². The SMILES string of the molecule is CC(C)(C)C[C@H](NC(=O)OC(C)(C)C)C(=O)N1C[C@H](Oc2nc(-c3ccccc3)nc3ccccc23)C[C@H]1C(=O)O. The van der Waals surface area contributed by atoms with Gasteiger partial charge in [0.05, 0.1) is 17.4 Å². The molecule has 2 aromatic carbocycles. The lowest BCUT2D eigenvalue weighted by atomic mass is 9.87. The Morgan fingerprint density at radius 1 is 1.00 bits per heavy atom. The van der Waals surface area contributed by atoms with E-state index in [4.69, 9.17) is 9.47 Å². The molecule has 1 aliphatic heterocycles. The van der Waals surface area contributed by atoms with Crippen LogP contribution in [0.5, 0.6) is 5.88 Å². The number of aromatic nitrogens is 2. The normalized spacial score (nSPS) is 18.1. The number of carbonyl (C=O) groups excluding carboxylic acids is 2. The number of nitrogens with zero attached hydrogens (tertiary/aromatic N) is 3. The molecule has 4 rings (SSSR count). The molecule has 0 saturated carbocycles. The summed E-state index contributed by atoms with van der Waals surface area (Å²) < 4.78 is 11.7. The number of fused-ring (bicyclic) bond motifs is 1. The van der Waals surface area contributed by atoms with E-state index in [1.807, 2.05) is 75.4 Å². The van der Waals surface area contributed by atoms with Gasteiger partial charge in [-0.2, -0.15) is 4.98 Å². The Kier molecular flexibility index (Phi) is 8.51. The van der Waals surface area contributed by atoms with E-state index in [1.54, 1.807) is 20.8 Å². The number of benzene rings is 2. The zero-order valence-electron chi connectivity index (χ0n) is 24.4. The van der Waals surface area contributed by atoms with Crippen molar-refractivity contribution < 1.29 is 29.0 Å². The average Bonchev–Trinajstić information content (AvgIpc) is 3.30. The number of carboxylic acid groups (broad SMARTS) is 1. The van der Waals surface area contributed by atoms with Crippen LogP contribution in [0.15, 0.2) is 54.6 Å². The molecule has 0 aliphatic carbocycles. The number of alkyl carbamates (subject to hydrolysis) is 1. The first-order valence-corrected chi connectivity index (χ1v) is 13.7. The minimum atomic E-state index is -1.14. The number of rotatable bonds is 7. The maximum Gasteiger partial charge on any atom is 0.408 e. The summed E-state index contributed by atoms with van der Waals surface area (Å²) in [4.78, 5) is 49.3. The number of nitrogens with one attached hydrogen (secondary N) is 1. The van der Waals surface area contributed by atoms with Crippen molar-refractivity contribution in [1.29, 1.82) is 0 Å². The summed E-state index contributed by atoms with van der Waals surface area (Å²) in [6, 6.07) is 14.8. The molecule has 218 valence electrons. The standard InChI is InChI=1S/C31H38N4O6/c1-30(2,3)17-23(33-29(39)41-31(4,5)6)27(36)35-18-20(16-24(35)28(37)38)40-26-21-14-10-11-15-22(21)32-25(34-26)19-12-8-7-9-13-19/h7-15,20,23-24H,16-18H2,1-6H3,(H,33,39)(H,37,38)/t20-,23+,24+/m1/s1. The van der Waals surface area contributed by atoms with Gasteiger partial charge in [-0.3, -0.25) is 4.79 Å². The van der Waals surface area contributed by atoms with Gasteiger partial charge >= 0.3 is 12.1 Å². The Balaban J connectivity index is 1.61. The molecular weight excluding hydrogens is 524 g/mol. The van der Waals surface area contributed by atoms with Crippen LogP contribution in [0.1, 0.15) is 54.4 Å². The summed E-state index contributed by atoms with van der Waals surface area (Å²) in [6.07, 6.45) is -1.02. The molecule has 0 radical (unpaired) electrons. The summed E-state index contributed by atoms with van der Waals surface area (Å²) in [6.45, 7) is 11.0. The second-order valence-corrected chi connectivity index (χ2v) is 12.5. The van der Waals surface area contributed by atoms with E-state index >= 15 is 0 Å². The first kappa shape index (κ1) is 29.8. The van der Waals surface area contributed by atoms with Gasteiger partial charge in [-0.1, -0.05) is 63.2 Å². The minimum absolute atomic E-state index is 0.0193. The number of ether oxygens (including phenoxy) is 2. The Labute approximate surface area is 240 Å². The van der Waals surface area contributed by atoms with Gasteiger partial charge in [0.1, 0.15) is 23.8 Å². The van der Waals surface area contributed by atoms with Crippen molar-refractivity contribution in [3.63, 3.8) is 0 Å². The molecular formula is C31H38N4O6. The van der Waals surface area contributed by atoms with Crippen LogP contribution < -0.4 is 10.1 Å². The molecule has 41 heavy (non-hydrogen) atoms. The van der Waals surface area contributed by atoms with Crippen molar-refractivity contribution in [2.45, 2.75) is 78.2 Å². The van der Waals surface area contributed by atoms with Crippen LogP contribution >= 0.6 is 0 Å². The molecule has 2 heterocycles. The van der Waals surface area contributed by atoms with Gasteiger partial charge in [-0.05, 0) is 44.7 Å². The Morgan fingerprint density at radius 3 is 2.29 bits per heavy atom. The largest absolute Gasteiger partial charge is 0.480 e. The number of para-hydroxylation sites is 1. The highest BCUT2D eigenvalue weighted by atomic mass is 16.6. The zero-order valence-corrected chi connectivity index (χ0v) is 24.4. The second kappa shape index (κ2) is 11.7. The second-order valence-electron chi connectivity index (χ2n) is 12.5. The van der Waals surface area contributed by atoms with Crippen molar-refractivity contribution in [3.8, 4) is 17.3 Å².